The molecule has 4 N–H and O–H groups in total. The predicted molar refractivity (Wildman–Crippen MR) is 96.8 cm³/mol. The van der Waals surface area contributed by atoms with Crippen LogP contribution < -0.4 is 16.4 Å². The van der Waals surface area contributed by atoms with Crippen molar-refractivity contribution in [3.63, 3.8) is 0 Å². The number of primary amides is 1. The van der Waals surface area contributed by atoms with Gasteiger partial charge in [0.2, 0.25) is 5.91 Å². The number of alkyl carbamates (subject to hydrolysis) is 1. The highest BCUT2D eigenvalue weighted by molar-refractivity contribution is 6.33. The summed E-state index contributed by atoms with van der Waals surface area (Å²) in [5.74, 6) is -0.0337. The van der Waals surface area contributed by atoms with Crippen molar-refractivity contribution in [2.45, 2.75) is 64.1 Å². The van der Waals surface area contributed by atoms with E-state index in [4.69, 9.17) is 22.1 Å². The number of carbonyl (C=O) groups is 2. The second-order valence-electron chi connectivity index (χ2n) is 7.32. The topological polar surface area (TPSA) is 106 Å². The van der Waals surface area contributed by atoms with Crippen LogP contribution >= 0.6 is 11.6 Å². The van der Waals surface area contributed by atoms with E-state index in [0.29, 0.717) is 10.8 Å². The van der Waals surface area contributed by atoms with Gasteiger partial charge >= 0.3 is 6.09 Å². The lowest BCUT2D eigenvalue weighted by atomic mass is 9.93. The number of nitrogens with one attached hydrogen (secondary N) is 2. The Morgan fingerprint density at radius 1 is 1.28 bits per heavy atom. The van der Waals surface area contributed by atoms with Gasteiger partial charge in [0.1, 0.15) is 11.9 Å². The summed E-state index contributed by atoms with van der Waals surface area (Å²) in [6.45, 7) is 5.74. The van der Waals surface area contributed by atoms with Gasteiger partial charge in [0.15, 0.2) is 0 Å². The smallest absolute Gasteiger partial charge is 0.407 e. The molecule has 0 bridgehead atoms. The van der Waals surface area contributed by atoms with Crippen molar-refractivity contribution in [1.82, 2.24) is 10.3 Å². The zero-order valence-corrected chi connectivity index (χ0v) is 15.5. The molecular weight excluding hydrogens is 344 g/mol. The number of nitrogens with two attached hydrogens (primary N) is 1. The number of halogens is 1. The molecule has 1 aliphatic rings. The molecule has 1 heterocycles. The number of nitrogens with zero attached hydrogens (tertiary/aromatic N) is 1. The van der Waals surface area contributed by atoms with E-state index in [2.05, 4.69) is 15.6 Å². The molecule has 0 unspecified atom stereocenters. The molecule has 138 valence electrons. The summed E-state index contributed by atoms with van der Waals surface area (Å²) in [6.07, 6.45) is 4.16. The molecule has 0 saturated heterocycles. The van der Waals surface area contributed by atoms with Gasteiger partial charge in [-0.2, -0.15) is 0 Å². The lowest BCUT2D eigenvalue weighted by Crippen LogP contribution is -2.43. The maximum atomic E-state index is 11.8. The van der Waals surface area contributed by atoms with Crippen molar-refractivity contribution in [3.05, 3.63) is 22.8 Å². The molecular formula is C17H25ClN4O3. The van der Waals surface area contributed by atoms with Crippen LogP contribution in [0.1, 0.15) is 56.8 Å². The number of carbonyl (C=O) groups excluding carboxylic acids is 2. The maximum absolute atomic E-state index is 11.8. The van der Waals surface area contributed by atoms with Crippen molar-refractivity contribution in [3.8, 4) is 0 Å². The van der Waals surface area contributed by atoms with E-state index in [1.54, 1.807) is 0 Å². The number of anilines is 1. The Balaban J connectivity index is 1.83. The third-order valence-electron chi connectivity index (χ3n) is 3.89. The molecule has 0 aromatic carbocycles. The number of ether oxygens (including phenoxy) is 1. The van der Waals surface area contributed by atoms with E-state index in [0.717, 1.165) is 25.7 Å². The molecule has 1 aliphatic carbocycles. The summed E-state index contributed by atoms with van der Waals surface area (Å²) >= 11 is 6.14. The van der Waals surface area contributed by atoms with E-state index < -0.39 is 5.91 Å². The highest BCUT2D eigenvalue weighted by atomic mass is 35.5. The first-order valence-corrected chi connectivity index (χ1v) is 8.72. The number of rotatable bonds is 4. The van der Waals surface area contributed by atoms with Crippen molar-refractivity contribution < 1.29 is 14.3 Å². The fourth-order valence-electron chi connectivity index (χ4n) is 2.68. The Morgan fingerprint density at radius 3 is 2.44 bits per heavy atom. The minimum atomic E-state index is -0.563. The molecule has 1 aromatic rings. The minimum absolute atomic E-state index is 0.0823. The molecule has 1 fully saturated rings. The van der Waals surface area contributed by atoms with Gasteiger partial charge in [0, 0.05) is 17.8 Å². The fraction of sp³-hybridized carbons (Fsp3) is 0.588. The van der Waals surface area contributed by atoms with E-state index in [1.807, 2.05) is 20.8 Å². The van der Waals surface area contributed by atoms with Crippen LogP contribution in [0.4, 0.5) is 10.6 Å². The standard InChI is InChI=1S/C17H25ClN4O3/c1-17(2,3)22-16(24)25-12-6-4-11(5-7-12)21-15-13(18)8-10(9-20-15)14(19)23/h8-9,11-12H,4-7H2,1-3H3,(H2,19,23)(H,20,21)(H,22,24). The van der Waals surface area contributed by atoms with Gasteiger partial charge in [0.05, 0.1) is 10.6 Å². The lowest BCUT2D eigenvalue weighted by molar-refractivity contribution is 0.0682. The van der Waals surface area contributed by atoms with Gasteiger partial charge in [-0.25, -0.2) is 9.78 Å². The first-order valence-electron chi connectivity index (χ1n) is 8.35. The van der Waals surface area contributed by atoms with Crippen LogP contribution in [0.15, 0.2) is 12.3 Å². The SMILES string of the molecule is CC(C)(C)NC(=O)OC1CCC(Nc2ncc(C(N)=O)cc2Cl)CC1. The molecule has 0 spiro atoms. The van der Waals surface area contributed by atoms with Gasteiger partial charge in [-0.3, -0.25) is 4.79 Å². The number of hydrogen-bond acceptors (Lipinski definition) is 5. The molecule has 0 aliphatic heterocycles. The molecule has 1 aromatic heterocycles. The molecule has 2 rings (SSSR count). The molecule has 0 radical (unpaired) electrons. The lowest BCUT2D eigenvalue weighted by Gasteiger charge is -2.30. The highest BCUT2D eigenvalue weighted by Crippen LogP contribution is 2.27. The van der Waals surface area contributed by atoms with Gasteiger partial charge in [0.25, 0.3) is 0 Å². The van der Waals surface area contributed by atoms with Crippen LogP contribution in [-0.4, -0.2) is 34.7 Å². The van der Waals surface area contributed by atoms with Crippen LogP contribution in [0.3, 0.4) is 0 Å². The van der Waals surface area contributed by atoms with Crippen molar-refractivity contribution in [2.75, 3.05) is 5.32 Å². The summed E-state index contributed by atoms with van der Waals surface area (Å²) in [7, 11) is 0. The Kier molecular flexibility index (Phi) is 6.11. The van der Waals surface area contributed by atoms with Gasteiger partial charge in [-0.1, -0.05) is 11.6 Å². The molecule has 25 heavy (non-hydrogen) atoms. The van der Waals surface area contributed by atoms with Crippen LogP contribution in [0.5, 0.6) is 0 Å². The van der Waals surface area contributed by atoms with E-state index in [-0.39, 0.29) is 29.3 Å². The first kappa shape index (κ1) is 19.3. The molecule has 8 heteroatoms. The van der Waals surface area contributed by atoms with Crippen molar-refractivity contribution in [2.24, 2.45) is 5.73 Å². The zero-order valence-electron chi connectivity index (χ0n) is 14.8. The Labute approximate surface area is 152 Å². The van der Waals surface area contributed by atoms with Gasteiger partial charge in [-0.05, 0) is 52.5 Å². The summed E-state index contributed by atoms with van der Waals surface area (Å²) in [5.41, 5.74) is 5.17. The Morgan fingerprint density at radius 2 is 1.92 bits per heavy atom. The average Bonchev–Trinajstić information content (AvgIpc) is 2.49. The monoisotopic (exact) mass is 368 g/mol. The molecule has 0 atom stereocenters. The van der Waals surface area contributed by atoms with Crippen LogP contribution in [0, 0.1) is 0 Å². The fourth-order valence-corrected chi connectivity index (χ4v) is 2.91. The molecule has 2 amide bonds. The number of aromatic nitrogens is 1. The highest BCUT2D eigenvalue weighted by Gasteiger charge is 2.26. The third kappa shape index (κ3) is 6.08. The first-order chi connectivity index (χ1) is 11.6. The van der Waals surface area contributed by atoms with Crippen LogP contribution in [-0.2, 0) is 4.74 Å². The maximum Gasteiger partial charge on any atom is 0.407 e. The summed E-state index contributed by atoms with van der Waals surface area (Å²) in [4.78, 5) is 27.1. The van der Waals surface area contributed by atoms with Crippen LogP contribution in [0.2, 0.25) is 5.02 Å². The summed E-state index contributed by atoms with van der Waals surface area (Å²) < 4.78 is 5.46. The largest absolute Gasteiger partial charge is 0.446 e. The normalized spacial score (nSPS) is 20.6. The Hall–Kier alpha value is -2.02. The predicted octanol–water partition coefficient (Wildman–Crippen LogP) is 3.08. The van der Waals surface area contributed by atoms with Gasteiger partial charge < -0.3 is 21.1 Å². The van der Waals surface area contributed by atoms with E-state index >= 15 is 0 Å². The summed E-state index contributed by atoms with van der Waals surface area (Å²) in [6, 6.07) is 1.69. The quantitative estimate of drug-likeness (QED) is 0.757. The third-order valence-corrected chi connectivity index (χ3v) is 4.18. The Bertz CT molecular complexity index is 637. The van der Waals surface area contributed by atoms with Crippen LogP contribution in [0.25, 0.3) is 0 Å². The summed E-state index contributed by atoms with van der Waals surface area (Å²) in [5, 5.41) is 6.43. The molecule has 1 saturated carbocycles. The number of hydrogen-bond donors (Lipinski definition) is 3. The zero-order chi connectivity index (χ0) is 18.6. The minimum Gasteiger partial charge on any atom is -0.446 e. The molecule has 7 nitrogen and oxygen atoms in total. The average molecular weight is 369 g/mol. The van der Waals surface area contributed by atoms with E-state index in [9.17, 15) is 9.59 Å². The van der Waals surface area contributed by atoms with Crippen molar-refractivity contribution in [1.29, 1.82) is 0 Å². The van der Waals surface area contributed by atoms with Crippen molar-refractivity contribution >= 4 is 29.4 Å². The number of pyridine rings is 1. The second-order valence-corrected chi connectivity index (χ2v) is 7.72. The van der Waals surface area contributed by atoms with Gasteiger partial charge in [-0.15, -0.1) is 0 Å². The van der Waals surface area contributed by atoms with E-state index in [1.165, 1.54) is 12.3 Å². The second kappa shape index (κ2) is 7.91. The number of amides is 2.